The molecule has 3 rings (SSSR count). The number of phenolic OH excluding ortho intramolecular Hbond substituents is 1. The van der Waals surface area contributed by atoms with Gasteiger partial charge in [0.15, 0.2) is 5.78 Å². The highest BCUT2D eigenvalue weighted by Crippen LogP contribution is 2.39. The van der Waals surface area contributed by atoms with E-state index in [9.17, 15) is 9.90 Å². The number of carbonyl (C=O) groups excluding carboxylic acids is 1. The predicted octanol–water partition coefficient (Wildman–Crippen LogP) is 4.07. The van der Waals surface area contributed by atoms with Gasteiger partial charge in [0.25, 0.3) is 0 Å². The smallest absolute Gasteiger partial charge is 0.194 e. The van der Waals surface area contributed by atoms with Crippen LogP contribution in [0.3, 0.4) is 0 Å². The molecule has 0 aromatic heterocycles. The normalized spacial score (nSPS) is 13.1. The van der Waals surface area contributed by atoms with Crippen LogP contribution in [0.15, 0.2) is 12.1 Å². The zero-order chi connectivity index (χ0) is 15.5. The summed E-state index contributed by atoms with van der Waals surface area (Å²) < 4.78 is 0. The molecule has 0 atom stereocenters. The highest BCUT2D eigenvalue weighted by Gasteiger charge is 2.30. The van der Waals surface area contributed by atoms with Crippen LogP contribution in [-0.4, -0.2) is 10.9 Å². The van der Waals surface area contributed by atoms with E-state index in [2.05, 4.69) is 13.0 Å². The molecule has 2 nitrogen and oxygen atoms in total. The van der Waals surface area contributed by atoms with Crippen LogP contribution in [-0.2, 0) is 6.42 Å². The summed E-state index contributed by atoms with van der Waals surface area (Å²) in [6.07, 6.45) is 0.776. The molecule has 2 aromatic rings. The van der Waals surface area contributed by atoms with E-state index in [0.717, 1.165) is 45.4 Å². The fourth-order valence-electron chi connectivity index (χ4n) is 3.46. The van der Waals surface area contributed by atoms with Crippen LogP contribution in [0, 0.1) is 34.6 Å². The number of hydrogen-bond donors (Lipinski definition) is 1. The van der Waals surface area contributed by atoms with Crippen LogP contribution in [0.5, 0.6) is 5.75 Å². The van der Waals surface area contributed by atoms with Crippen molar-refractivity contribution in [2.24, 2.45) is 0 Å². The molecule has 1 N–H and O–H groups in total. The molecule has 2 heteroatoms. The Bertz CT molecular complexity index is 798. The van der Waals surface area contributed by atoms with Gasteiger partial charge < -0.3 is 5.11 Å². The van der Waals surface area contributed by atoms with Gasteiger partial charge in [0, 0.05) is 16.7 Å². The molecule has 1 aliphatic rings. The first-order valence-corrected chi connectivity index (χ1v) is 7.30. The molecule has 21 heavy (non-hydrogen) atoms. The summed E-state index contributed by atoms with van der Waals surface area (Å²) in [5.74, 6) is 0.316. The van der Waals surface area contributed by atoms with E-state index in [0.29, 0.717) is 11.1 Å². The second-order valence-electron chi connectivity index (χ2n) is 6.14. The number of phenols is 1. The molecular formula is C19H20O2. The van der Waals surface area contributed by atoms with Gasteiger partial charge in [0.05, 0.1) is 0 Å². The average Bonchev–Trinajstić information content (AvgIpc) is 2.46. The van der Waals surface area contributed by atoms with Gasteiger partial charge >= 0.3 is 0 Å². The summed E-state index contributed by atoms with van der Waals surface area (Å²) in [5.41, 5.74) is 8.56. The standard InChI is InChI=1S/C19H20O2/c1-9-6-7-10(2)16-14(9)8-15-11(3)12(4)18(20)13(5)17(15)19(16)21/h6-7,20H,8H2,1-5H3. The van der Waals surface area contributed by atoms with Crippen molar-refractivity contribution < 1.29 is 9.90 Å². The first kappa shape index (κ1) is 13.9. The number of aromatic hydroxyl groups is 1. The molecule has 0 amide bonds. The second-order valence-corrected chi connectivity index (χ2v) is 6.14. The van der Waals surface area contributed by atoms with E-state index < -0.39 is 0 Å². The number of hydrogen-bond acceptors (Lipinski definition) is 2. The summed E-state index contributed by atoms with van der Waals surface area (Å²) in [7, 11) is 0. The lowest BCUT2D eigenvalue weighted by Gasteiger charge is -2.26. The van der Waals surface area contributed by atoms with Gasteiger partial charge in [-0.2, -0.15) is 0 Å². The molecule has 0 heterocycles. The van der Waals surface area contributed by atoms with E-state index in [-0.39, 0.29) is 11.5 Å². The van der Waals surface area contributed by atoms with E-state index in [1.165, 1.54) is 0 Å². The van der Waals surface area contributed by atoms with Crippen LogP contribution in [0.1, 0.15) is 54.9 Å². The van der Waals surface area contributed by atoms with E-state index in [1.807, 2.05) is 33.8 Å². The van der Waals surface area contributed by atoms with Crippen molar-refractivity contribution in [1.82, 2.24) is 0 Å². The molecule has 0 radical (unpaired) electrons. The van der Waals surface area contributed by atoms with Crippen molar-refractivity contribution in [3.8, 4) is 5.75 Å². The summed E-state index contributed by atoms with van der Waals surface area (Å²) in [6.45, 7) is 9.80. The van der Waals surface area contributed by atoms with Gasteiger partial charge in [0.1, 0.15) is 5.75 Å². The Hall–Kier alpha value is -2.09. The molecular weight excluding hydrogens is 260 g/mol. The molecule has 2 aromatic carbocycles. The van der Waals surface area contributed by atoms with Crippen LogP contribution >= 0.6 is 0 Å². The molecule has 0 saturated heterocycles. The lowest BCUT2D eigenvalue weighted by atomic mass is 9.76. The van der Waals surface area contributed by atoms with Crippen LogP contribution in [0.25, 0.3) is 0 Å². The van der Waals surface area contributed by atoms with Crippen LogP contribution in [0.4, 0.5) is 0 Å². The SMILES string of the molecule is Cc1ccc(C)c2c1Cc1c(C)c(C)c(O)c(C)c1C2=O. The Balaban J connectivity index is 2.40. The lowest BCUT2D eigenvalue weighted by molar-refractivity contribution is 0.103. The molecule has 0 bridgehead atoms. The monoisotopic (exact) mass is 280 g/mol. The van der Waals surface area contributed by atoms with Crippen LogP contribution in [0.2, 0.25) is 0 Å². The second kappa shape index (κ2) is 4.45. The summed E-state index contributed by atoms with van der Waals surface area (Å²) in [6, 6.07) is 4.09. The largest absolute Gasteiger partial charge is 0.507 e. The minimum atomic E-state index is 0.0587. The fraction of sp³-hybridized carbons (Fsp3) is 0.316. The predicted molar refractivity (Wildman–Crippen MR) is 84.5 cm³/mol. The van der Waals surface area contributed by atoms with Crippen molar-refractivity contribution in [3.63, 3.8) is 0 Å². The summed E-state index contributed by atoms with van der Waals surface area (Å²) in [5, 5.41) is 10.3. The topological polar surface area (TPSA) is 37.3 Å². The number of carbonyl (C=O) groups is 1. The Morgan fingerprint density at radius 2 is 1.43 bits per heavy atom. The third-order valence-electron chi connectivity index (χ3n) is 4.97. The maximum absolute atomic E-state index is 13.0. The molecule has 0 saturated carbocycles. The molecule has 0 spiro atoms. The third-order valence-corrected chi connectivity index (χ3v) is 4.97. The van der Waals surface area contributed by atoms with Crippen LogP contribution < -0.4 is 0 Å². The quantitative estimate of drug-likeness (QED) is 0.674. The minimum Gasteiger partial charge on any atom is -0.507 e. The number of aryl methyl sites for hydroxylation is 2. The van der Waals surface area contributed by atoms with Gasteiger partial charge in [-0.3, -0.25) is 4.79 Å². The van der Waals surface area contributed by atoms with E-state index in [4.69, 9.17) is 0 Å². The van der Waals surface area contributed by atoms with Gasteiger partial charge in [-0.15, -0.1) is 0 Å². The maximum Gasteiger partial charge on any atom is 0.194 e. The molecule has 0 unspecified atom stereocenters. The molecule has 108 valence electrons. The van der Waals surface area contributed by atoms with E-state index in [1.54, 1.807) is 0 Å². The Morgan fingerprint density at radius 1 is 0.810 bits per heavy atom. The Kier molecular flexibility index (Phi) is 2.94. The van der Waals surface area contributed by atoms with E-state index >= 15 is 0 Å². The van der Waals surface area contributed by atoms with Gasteiger partial charge in [0.2, 0.25) is 0 Å². The molecule has 0 fully saturated rings. The lowest BCUT2D eigenvalue weighted by Crippen LogP contribution is -2.20. The minimum absolute atomic E-state index is 0.0587. The van der Waals surface area contributed by atoms with Crippen molar-refractivity contribution >= 4 is 5.78 Å². The van der Waals surface area contributed by atoms with Crippen molar-refractivity contribution in [2.75, 3.05) is 0 Å². The Morgan fingerprint density at radius 3 is 2.10 bits per heavy atom. The number of benzene rings is 2. The number of ketones is 1. The fourth-order valence-corrected chi connectivity index (χ4v) is 3.46. The van der Waals surface area contributed by atoms with Crippen molar-refractivity contribution in [3.05, 3.63) is 62.2 Å². The Labute approximate surface area is 125 Å². The zero-order valence-corrected chi connectivity index (χ0v) is 13.2. The summed E-state index contributed by atoms with van der Waals surface area (Å²) >= 11 is 0. The molecule has 1 aliphatic carbocycles. The number of rotatable bonds is 0. The van der Waals surface area contributed by atoms with Gasteiger partial charge in [-0.1, -0.05) is 12.1 Å². The first-order valence-electron chi connectivity index (χ1n) is 7.30. The highest BCUT2D eigenvalue weighted by molar-refractivity contribution is 6.15. The molecule has 0 aliphatic heterocycles. The van der Waals surface area contributed by atoms with Crippen molar-refractivity contribution in [2.45, 2.75) is 41.0 Å². The zero-order valence-electron chi connectivity index (χ0n) is 13.2. The third kappa shape index (κ3) is 1.75. The van der Waals surface area contributed by atoms with Gasteiger partial charge in [-0.25, -0.2) is 0 Å². The first-order chi connectivity index (χ1) is 9.84. The van der Waals surface area contributed by atoms with Gasteiger partial charge in [-0.05, 0) is 74.4 Å². The van der Waals surface area contributed by atoms with Crippen molar-refractivity contribution in [1.29, 1.82) is 0 Å². The maximum atomic E-state index is 13.0. The summed E-state index contributed by atoms with van der Waals surface area (Å²) in [4.78, 5) is 13.0. The number of fused-ring (bicyclic) bond motifs is 2. The average molecular weight is 280 g/mol. The highest BCUT2D eigenvalue weighted by atomic mass is 16.3.